The second-order valence-corrected chi connectivity index (χ2v) is 2.71. The first-order chi connectivity index (χ1) is 5.25. The molecule has 0 aliphatic carbocycles. The molecule has 0 aromatic heterocycles. The van der Waals surface area contributed by atoms with Crippen molar-refractivity contribution in [1.82, 2.24) is 0 Å². The second-order valence-electron chi connectivity index (χ2n) is 2.30. The number of benzene rings is 1. The molecule has 1 aromatic rings. The SMILES string of the molecule is CC(ON)c1ccccc1Cl. The minimum absolute atomic E-state index is 0.149. The zero-order valence-corrected chi connectivity index (χ0v) is 7.01. The van der Waals surface area contributed by atoms with Gasteiger partial charge in [-0.15, -0.1) is 0 Å². The molecule has 0 bridgehead atoms. The lowest BCUT2D eigenvalue weighted by molar-refractivity contribution is 0.0665. The van der Waals surface area contributed by atoms with Gasteiger partial charge in [0.2, 0.25) is 0 Å². The van der Waals surface area contributed by atoms with Crippen LogP contribution in [0.5, 0.6) is 0 Å². The number of hydrogen-bond donors (Lipinski definition) is 1. The number of nitrogens with two attached hydrogens (primary N) is 1. The van der Waals surface area contributed by atoms with E-state index in [0.717, 1.165) is 5.56 Å². The first-order valence-electron chi connectivity index (χ1n) is 3.35. The molecular weight excluding hydrogens is 162 g/mol. The van der Waals surface area contributed by atoms with E-state index < -0.39 is 0 Å². The lowest BCUT2D eigenvalue weighted by Gasteiger charge is -2.09. The molecule has 1 atom stereocenters. The van der Waals surface area contributed by atoms with Gasteiger partial charge in [-0.3, -0.25) is 4.84 Å². The maximum atomic E-state index is 5.86. The first-order valence-corrected chi connectivity index (χ1v) is 3.73. The maximum absolute atomic E-state index is 5.86. The monoisotopic (exact) mass is 171 g/mol. The number of rotatable bonds is 2. The Balaban J connectivity index is 2.93. The Bertz CT molecular complexity index is 239. The summed E-state index contributed by atoms with van der Waals surface area (Å²) in [5.74, 6) is 5.01. The highest BCUT2D eigenvalue weighted by Gasteiger charge is 2.06. The van der Waals surface area contributed by atoms with E-state index in [1.807, 2.05) is 31.2 Å². The Labute approximate surface area is 70.9 Å². The normalized spacial score (nSPS) is 13.0. The van der Waals surface area contributed by atoms with Gasteiger partial charge in [0.05, 0.1) is 0 Å². The Morgan fingerprint density at radius 1 is 1.45 bits per heavy atom. The minimum atomic E-state index is -0.149. The third kappa shape index (κ3) is 1.93. The molecule has 0 fully saturated rings. The van der Waals surface area contributed by atoms with Crippen molar-refractivity contribution in [3.63, 3.8) is 0 Å². The summed E-state index contributed by atoms with van der Waals surface area (Å²) in [6, 6.07) is 7.47. The molecule has 1 rings (SSSR count). The quantitative estimate of drug-likeness (QED) is 0.693. The van der Waals surface area contributed by atoms with Gasteiger partial charge >= 0.3 is 0 Å². The van der Waals surface area contributed by atoms with Gasteiger partial charge in [-0.1, -0.05) is 29.8 Å². The van der Waals surface area contributed by atoms with E-state index in [2.05, 4.69) is 4.84 Å². The Morgan fingerprint density at radius 2 is 2.09 bits per heavy atom. The highest BCUT2D eigenvalue weighted by molar-refractivity contribution is 6.31. The Hall–Kier alpha value is -0.570. The summed E-state index contributed by atoms with van der Waals surface area (Å²) in [7, 11) is 0. The van der Waals surface area contributed by atoms with Gasteiger partial charge in [-0.2, -0.15) is 0 Å². The van der Waals surface area contributed by atoms with Crippen LogP contribution in [0.3, 0.4) is 0 Å². The highest BCUT2D eigenvalue weighted by Crippen LogP contribution is 2.23. The molecule has 0 spiro atoms. The minimum Gasteiger partial charge on any atom is -0.297 e. The van der Waals surface area contributed by atoms with Crippen LogP contribution in [0.1, 0.15) is 18.6 Å². The molecule has 0 heterocycles. The van der Waals surface area contributed by atoms with Crippen LogP contribution in [0.2, 0.25) is 5.02 Å². The van der Waals surface area contributed by atoms with Gasteiger partial charge < -0.3 is 0 Å². The maximum Gasteiger partial charge on any atom is 0.102 e. The third-order valence-corrected chi connectivity index (χ3v) is 1.89. The smallest absolute Gasteiger partial charge is 0.102 e. The van der Waals surface area contributed by atoms with Crippen molar-refractivity contribution in [3.05, 3.63) is 34.9 Å². The Kier molecular flexibility index (Phi) is 2.88. The van der Waals surface area contributed by atoms with Crippen molar-refractivity contribution in [3.8, 4) is 0 Å². The second kappa shape index (κ2) is 3.72. The van der Waals surface area contributed by atoms with Gasteiger partial charge in [-0.25, -0.2) is 5.90 Å². The van der Waals surface area contributed by atoms with Crippen molar-refractivity contribution < 1.29 is 4.84 Å². The molecule has 3 heteroatoms. The molecule has 1 unspecified atom stereocenters. The third-order valence-electron chi connectivity index (χ3n) is 1.55. The molecule has 0 aliphatic rings. The molecule has 0 saturated carbocycles. The summed E-state index contributed by atoms with van der Waals surface area (Å²) in [4.78, 5) is 4.63. The summed E-state index contributed by atoms with van der Waals surface area (Å²) >= 11 is 5.86. The van der Waals surface area contributed by atoms with E-state index in [-0.39, 0.29) is 6.10 Å². The van der Waals surface area contributed by atoms with Crippen LogP contribution in [-0.4, -0.2) is 0 Å². The summed E-state index contributed by atoms with van der Waals surface area (Å²) < 4.78 is 0. The molecule has 1 aromatic carbocycles. The summed E-state index contributed by atoms with van der Waals surface area (Å²) in [6.45, 7) is 1.85. The van der Waals surface area contributed by atoms with E-state index in [0.29, 0.717) is 5.02 Å². The lowest BCUT2D eigenvalue weighted by atomic mass is 10.1. The average molecular weight is 172 g/mol. The molecule has 0 saturated heterocycles. The van der Waals surface area contributed by atoms with Crippen molar-refractivity contribution in [2.45, 2.75) is 13.0 Å². The average Bonchev–Trinajstić information content (AvgIpc) is 2.04. The van der Waals surface area contributed by atoms with Crippen molar-refractivity contribution in [2.24, 2.45) is 5.90 Å². The van der Waals surface area contributed by atoms with Gasteiger partial charge in [0.15, 0.2) is 0 Å². The molecule has 2 nitrogen and oxygen atoms in total. The standard InChI is InChI=1S/C8H10ClNO/c1-6(11-10)7-4-2-3-5-8(7)9/h2-6H,10H2,1H3. The molecule has 2 N–H and O–H groups in total. The van der Waals surface area contributed by atoms with E-state index >= 15 is 0 Å². The van der Waals surface area contributed by atoms with E-state index in [4.69, 9.17) is 17.5 Å². The molecule has 0 aliphatic heterocycles. The molecular formula is C8H10ClNO. The van der Waals surface area contributed by atoms with Crippen LogP contribution >= 0.6 is 11.6 Å². The fraction of sp³-hybridized carbons (Fsp3) is 0.250. The van der Waals surface area contributed by atoms with Gasteiger partial charge in [0.1, 0.15) is 6.10 Å². The first kappa shape index (κ1) is 8.53. The van der Waals surface area contributed by atoms with E-state index in [1.165, 1.54) is 0 Å². The molecule has 0 radical (unpaired) electrons. The van der Waals surface area contributed by atoms with Crippen LogP contribution in [0.4, 0.5) is 0 Å². The predicted molar refractivity (Wildman–Crippen MR) is 45.1 cm³/mol. The van der Waals surface area contributed by atoms with Crippen molar-refractivity contribution in [1.29, 1.82) is 0 Å². The molecule has 0 amide bonds. The fourth-order valence-corrected chi connectivity index (χ4v) is 1.17. The lowest BCUT2D eigenvalue weighted by Crippen LogP contribution is -2.05. The van der Waals surface area contributed by atoms with Crippen molar-refractivity contribution >= 4 is 11.6 Å². The van der Waals surface area contributed by atoms with Crippen LogP contribution < -0.4 is 5.90 Å². The summed E-state index contributed by atoms with van der Waals surface area (Å²) in [5.41, 5.74) is 0.914. The topological polar surface area (TPSA) is 35.2 Å². The zero-order chi connectivity index (χ0) is 8.27. The number of halogens is 1. The van der Waals surface area contributed by atoms with E-state index in [9.17, 15) is 0 Å². The van der Waals surface area contributed by atoms with Gasteiger partial charge in [-0.05, 0) is 13.0 Å². The predicted octanol–water partition coefficient (Wildman–Crippen LogP) is 2.29. The van der Waals surface area contributed by atoms with Crippen LogP contribution in [0.15, 0.2) is 24.3 Å². The van der Waals surface area contributed by atoms with Crippen molar-refractivity contribution in [2.75, 3.05) is 0 Å². The largest absolute Gasteiger partial charge is 0.297 e. The van der Waals surface area contributed by atoms with Gasteiger partial charge in [0.25, 0.3) is 0 Å². The molecule has 11 heavy (non-hydrogen) atoms. The fourth-order valence-electron chi connectivity index (χ4n) is 0.878. The summed E-state index contributed by atoms with van der Waals surface area (Å²) in [5, 5.41) is 0.686. The van der Waals surface area contributed by atoms with Crippen LogP contribution in [0, 0.1) is 0 Å². The highest BCUT2D eigenvalue weighted by atomic mass is 35.5. The van der Waals surface area contributed by atoms with Gasteiger partial charge in [0, 0.05) is 10.6 Å². The Morgan fingerprint density at radius 3 is 2.64 bits per heavy atom. The summed E-state index contributed by atoms with van der Waals surface area (Å²) in [6.07, 6.45) is -0.149. The zero-order valence-electron chi connectivity index (χ0n) is 6.25. The van der Waals surface area contributed by atoms with Crippen LogP contribution in [-0.2, 0) is 4.84 Å². The molecule has 60 valence electrons. The van der Waals surface area contributed by atoms with E-state index in [1.54, 1.807) is 0 Å². The number of hydrogen-bond acceptors (Lipinski definition) is 2. The van der Waals surface area contributed by atoms with Crippen LogP contribution in [0.25, 0.3) is 0 Å².